The summed E-state index contributed by atoms with van der Waals surface area (Å²) in [5, 5.41) is 3.50. The molecule has 24 heavy (non-hydrogen) atoms. The average molecular weight is 319 g/mol. The number of aryl methyl sites for hydroxylation is 2. The number of fused-ring (bicyclic) bond motifs is 1. The van der Waals surface area contributed by atoms with E-state index < -0.39 is 0 Å². The minimum atomic E-state index is -0.0554. The molecule has 2 heteroatoms. The van der Waals surface area contributed by atoms with Crippen molar-refractivity contribution in [2.45, 2.75) is 32.1 Å². The van der Waals surface area contributed by atoms with Crippen LogP contribution in [0.4, 0.5) is 0 Å². The monoisotopic (exact) mass is 319 g/mol. The first-order valence-corrected chi connectivity index (χ1v) is 8.99. The summed E-state index contributed by atoms with van der Waals surface area (Å²) >= 11 is 0. The maximum Gasteiger partial charge on any atom is 0.137 e. The van der Waals surface area contributed by atoms with E-state index in [1.807, 2.05) is 0 Å². The van der Waals surface area contributed by atoms with Crippen LogP contribution in [0.15, 0.2) is 48.5 Å². The zero-order chi connectivity index (χ0) is 16.7. The highest BCUT2D eigenvalue weighted by Gasteiger charge is 2.52. The molecule has 1 heterocycles. The Balaban J connectivity index is 1.94. The summed E-state index contributed by atoms with van der Waals surface area (Å²) in [5.41, 5.74) is 5.27. The predicted molar refractivity (Wildman–Crippen MR) is 97.2 cm³/mol. The van der Waals surface area contributed by atoms with Crippen molar-refractivity contribution < 1.29 is 4.79 Å². The lowest BCUT2D eigenvalue weighted by atomic mass is 9.56. The van der Waals surface area contributed by atoms with Gasteiger partial charge in [0.05, 0.1) is 0 Å². The van der Waals surface area contributed by atoms with Gasteiger partial charge in [0.1, 0.15) is 5.78 Å². The maximum atomic E-state index is 12.5. The third-order valence-electron chi connectivity index (χ3n) is 6.09. The highest BCUT2D eigenvalue weighted by Crippen LogP contribution is 2.51. The first-order chi connectivity index (χ1) is 11.6. The van der Waals surface area contributed by atoms with Gasteiger partial charge in [-0.25, -0.2) is 0 Å². The Hall–Kier alpha value is -1.93. The Bertz CT molecular complexity index is 734. The maximum absolute atomic E-state index is 12.5. The number of benzene rings is 2. The number of hydrogen-bond acceptors (Lipinski definition) is 2. The minimum absolute atomic E-state index is 0.0554. The lowest BCUT2D eigenvalue weighted by Gasteiger charge is -2.46. The summed E-state index contributed by atoms with van der Waals surface area (Å²) in [6, 6.07) is 17.8. The Morgan fingerprint density at radius 2 is 1.58 bits per heavy atom. The van der Waals surface area contributed by atoms with Gasteiger partial charge in [-0.15, -0.1) is 0 Å². The second-order valence-electron chi connectivity index (χ2n) is 7.55. The van der Waals surface area contributed by atoms with E-state index in [0.717, 1.165) is 19.5 Å². The van der Waals surface area contributed by atoms with Crippen molar-refractivity contribution >= 4 is 5.78 Å². The van der Waals surface area contributed by atoms with Crippen molar-refractivity contribution in [1.82, 2.24) is 5.32 Å². The molecule has 4 rings (SSSR count). The molecule has 1 saturated carbocycles. The molecule has 2 atom stereocenters. The number of hydrogen-bond donors (Lipinski definition) is 1. The summed E-state index contributed by atoms with van der Waals surface area (Å²) in [7, 11) is 0. The molecule has 1 saturated heterocycles. The number of carbonyl (C=O) groups is 1. The zero-order valence-electron chi connectivity index (χ0n) is 14.5. The second kappa shape index (κ2) is 5.86. The summed E-state index contributed by atoms with van der Waals surface area (Å²) < 4.78 is 0. The molecule has 1 N–H and O–H groups in total. The molecule has 0 bridgehead atoms. The van der Waals surface area contributed by atoms with E-state index in [-0.39, 0.29) is 11.3 Å². The van der Waals surface area contributed by atoms with E-state index in [1.54, 1.807) is 0 Å². The molecular weight excluding hydrogens is 294 g/mol. The number of ketones is 1. The van der Waals surface area contributed by atoms with Crippen molar-refractivity contribution in [3.05, 3.63) is 70.8 Å². The molecule has 2 nitrogen and oxygen atoms in total. The topological polar surface area (TPSA) is 29.1 Å². The van der Waals surface area contributed by atoms with Gasteiger partial charge in [-0.3, -0.25) is 4.79 Å². The number of rotatable bonds is 2. The van der Waals surface area contributed by atoms with Crippen molar-refractivity contribution in [2.75, 3.05) is 13.1 Å². The molecule has 2 aliphatic rings. The smallest absolute Gasteiger partial charge is 0.137 e. The molecule has 2 aromatic rings. The van der Waals surface area contributed by atoms with Gasteiger partial charge in [0.2, 0.25) is 0 Å². The highest BCUT2D eigenvalue weighted by molar-refractivity contribution is 5.84. The van der Waals surface area contributed by atoms with Gasteiger partial charge in [0, 0.05) is 24.3 Å². The lowest BCUT2D eigenvalue weighted by Crippen LogP contribution is -2.47. The van der Waals surface area contributed by atoms with Crippen LogP contribution in [0, 0.1) is 25.7 Å². The van der Waals surface area contributed by atoms with Gasteiger partial charge in [-0.2, -0.15) is 0 Å². The van der Waals surface area contributed by atoms with Crippen molar-refractivity contribution in [3.63, 3.8) is 0 Å². The van der Waals surface area contributed by atoms with E-state index in [0.29, 0.717) is 18.1 Å². The van der Waals surface area contributed by atoms with Crippen LogP contribution < -0.4 is 5.32 Å². The summed E-state index contributed by atoms with van der Waals surface area (Å²) in [6.07, 6.45) is 1.60. The fourth-order valence-electron chi connectivity index (χ4n) is 4.95. The van der Waals surface area contributed by atoms with Gasteiger partial charge in [0.15, 0.2) is 0 Å². The lowest BCUT2D eigenvalue weighted by molar-refractivity contribution is -0.126. The highest BCUT2D eigenvalue weighted by atomic mass is 16.1. The number of Topliss-reactive ketones (excluding diaryl/α,β-unsaturated/α-hetero) is 1. The zero-order valence-corrected chi connectivity index (χ0v) is 14.5. The first kappa shape index (κ1) is 15.6. The number of carbonyl (C=O) groups excluding carboxylic acids is 1. The number of nitrogens with one attached hydrogen (secondary N) is 1. The molecule has 2 unspecified atom stereocenters. The van der Waals surface area contributed by atoms with Gasteiger partial charge in [-0.1, -0.05) is 59.7 Å². The average Bonchev–Trinajstić information content (AvgIpc) is 3.07. The third-order valence-corrected chi connectivity index (χ3v) is 6.09. The Labute approximate surface area is 144 Å². The first-order valence-electron chi connectivity index (χ1n) is 8.99. The van der Waals surface area contributed by atoms with Crippen molar-refractivity contribution in [1.29, 1.82) is 0 Å². The summed E-state index contributed by atoms with van der Waals surface area (Å²) in [4.78, 5) is 12.5. The second-order valence-corrected chi connectivity index (χ2v) is 7.55. The van der Waals surface area contributed by atoms with Crippen LogP contribution in [0.2, 0.25) is 0 Å². The quantitative estimate of drug-likeness (QED) is 0.912. The molecular formula is C22H25NO. The van der Waals surface area contributed by atoms with Crippen LogP contribution in [0.25, 0.3) is 0 Å². The largest absolute Gasteiger partial charge is 0.316 e. The van der Waals surface area contributed by atoms with E-state index >= 15 is 0 Å². The van der Waals surface area contributed by atoms with Crippen LogP contribution in [-0.4, -0.2) is 18.9 Å². The molecule has 1 aliphatic carbocycles. The van der Waals surface area contributed by atoms with Crippen LogP contribution in [0.3, 0.4) is 0 Å². The Kier molecular flexibility index (Phi) is 3.80. The minimum Gasteiger partial charge on any atom is -0.316 e. The fraction of sp³-hybridized carbons (Fsp3) is 0.409. The van der Waals surface area contributed by atoms with E-state index in [2.05, 4.69) is 67.7 Å². The molecule has 0 amide bonds. The van der Waals surface area contributed by atoms with E-state index in [9.17, 15) is 4.79 Å². The summed E-state index contributed by atoms with van der Waals surface area (Å²) in [6.45, 7) is 6.08. The van der Waals surface area contributed by atoms with Gasteiger partial charge in [0.25, 0.3) is 0 Å². The summed E-state index contributed by atoms with van der Waals surface area (Å²) in [5.74, 6) is 0.947. The molecule has 2 fully saturated rings. The molecule has 0 radical (unpaired) electrons. The molecule has 124 valence electrons. The van der Waals surface area contributed by atoms with Gasteiger partial charge < -0.3 is 5.32 Å². The van der Waals surface area contributed by atoms with E-state index in [4.69, 9.17) is 0 Å². The van der Waals surface area contributed by atoms with Crippen molar-refractivity contribution in [3.8, 4) is 0 Å². The SMILES string of the molecule is Cc1cccc(C2(c3cccc(C)c3)CCC(=O)C3CNCC32)c1. The van der Waals surface area contributed by atoms with Gasteiger partial charge in [-0.05, 0) is 43.9 Å². The Morgan fingerprint density at radius 3 is 2.17 bits per heavy atom. The van der Waals surface area contributed by atoms with Gasteiger partial charge >= 0.3 is 0 Å². The molecule has 1 aliphatic heterocycles. The standard InChI is InChI=1S/C22H25NO/c1-15-5-3-7-17(11-15)22(18-8-4-6-16(2)12-18)10-9-21(24)19-13-23-14-20(19)22/h3-8,11-12,19-20,23H,9-10,13-14H2,1-2H3. The molecule has 0 spiro atoms. The fourth-order valence-corrected chi connectivity index (χ4v) is 4.95. The van der Waals surface area contributed by atoms with Crippen LogP contribution >= 0.6 is 0 Å². The molecule has 2 aromatic carbocycles. The van der Waals surface area contributed by atoms with E-state index in [1.165, 1.54) is 22.3 Å². The Morgan fingerprint density at radius 1 is 0.958 bits per heavy atom. The van der Waals surface area contributed by atoms with Crippen molar-refractivity contribution in [2.24, 2.45) is 11.8 Å². The molecule has 0 aromatic heterocycles. The van der Waals surface area contributed by atoms with Crippen LogP contribution in [0.1, 0.15) is 35.1 Å². The van der Waals surface area contributed by atoms with Crippen LogP contribution in [0.5, 0.6) is 0 Å². The predicted octanol–water partition coefficient (Wildman–Crippen LogP) is 3.79. The normalized spacial score (nSPS) is 25.5. The van der Waals surface area contributed by atoms with Crippen LogP contribution in [-0.2, 0) is 10.2 Å². The third kappa shape index (κ3) is 2.32.